The van der Waals surface area contributed by atoms with Gasteiger partial charge < -0.3 is 9.47 Å². The number of benzene rings is 1. The van der Waals surface area contributed by atoms with Gasteiger partial charge in [-0.2, -0.15) is 10.3 Å². The number of rotatable bonds is 7. The molecule has 1 aromatic carbocycles. The van der Waals surface area contributed by atoms with E-state index in [1.807, 2.05) is 0 Å². The number of aromatic amines is 1. The average Bonchev–Trinajstić information content (AvgIpc) is 3.13. The summed E-state index contributed by atoms with van der Waals surface area (Å²) in [6.45, 7) is 2.89. The van der Waals surface area contributed by atoms with E-state index in [0.29, 0.717) is 29.3 Å². The molecular weight excluding hydrogens is 337 g/mol. The number of carbonyl (C=O) groups excluding carboxylic acids is 1. The summed E-state index contributed by atoms with van der Waals surface area (Å²) in [6, 6.07) is 4.35. The first-order valence-electron chi connectivity index (χ1n) is 9.13. The zero-order valence-electron chi connectivity index (χ0n) is 15.0. The van der Waals surface area contributed by atoms with Crippen LogP contribution in [0.4, 0.5) is 4.39 Å². The fraction of sp³-hybridized carbons (Fsp3) is 0.526. The van der Waals surface area contributed by atoms with E-state index < -0.39 is 5.97 Å². The number of esters is 1. The molecule has 0 radical (unpaired) electrons. The summed E-state index contributed by atoms with van der Waals surface area (Å²) in [7, 11) is 0. The van der Waals surface area contributed by atoms with Crippen LogP contribution in [0.2, 0.25) is 0 Å². The summed E-state index contributed by atoms with van der Waals surface area (Å²) in [6.07, 6.45) is 6.17. The molecule has 3 rings (SSSR count). The Morgan fingerprint density at radius 3 is 2.85 bits per heavy atom. The third-order valence-electron chi connectivity index (χ3n) is 4.67. The first kappa shape index (κ1) is 18.5. The van der Waals surface area contributed by atoms with Gasteiger partial charge in [0.2, 0.25) is 0 Å². The van der Waals surface area contributed by atoms with Crippen LogP contribution in [0.15, 0.2) is 18.2 Å². The topological polar surface area (TPSA) is 77.1 Å². The fourth-order valence-corrected chi connectivity index (χ4v) is 3.36. The van der Waals surface area contributed by atoms with Gasteiger partial charge in [0, 0.05) is 12.2 Å². The van der Waals surface area contributed by atoms with Gasteiger partial charge in [0.15, 0.2) is 5.69 Å². The Bertz CT molecular complexity index is 741. The molecule has 1 N–H and O–H groups in total. The highest BCUT2D eigenvalue weighted by molar-refractivity contribution is 5.94. The Morgan fingerprint density at radius 2 is 2.08 bits per heavy atom. The van der Waals surface area contributed by atoms with Crippen LogP contribution in [0.1, 0.15) is 55.1 Å². The van der Waals surface area contributed by atoms with Crippen LogP contribution >= 0.6 is 0 Å². The van der Waals surface area contributed by atoms with E-state index >= 15 is 0 Å². The van der Waals surface area contributed by atoms with Crippen LogP contribution < -0.4 is 0 Å². The number of hydrogen-bond acceptors (Lipinski definition) is 5. The quantitative estimate of drug-likeness (QED) is 0.757. The summed E-state index contributed by atoms with van der Waals surface area (Å²) in [4.78, 5) is 12.0. The molecule has 1 fully saturated rings. The van der Waals surface area contributed by atoms with Crippen molar-refractivity contribution in [3.05, 3.63) is 35.3 Å². The molecule has 1 saturated carbocycles. The van der Waals surface area contributed by atoms with Crippen molar-refractivity contribution in [2.75, 3.05) is 13.2 Å². The Kier molecular flexibility index (Phi) is 6.33. The van der Waals surface area contributed by atoms with E-state index in [1.54, 1.807) is 13.0 Å². The zero-order chi connectivity index (χ0) is 18.4. The summed E-state index contributed by atoms with van der Waals surface area (Å²) in [5.74, 6) is -0.344. The number of hydrogen-bond donors (Lipinski definition) is 1. The monoisotopic (exact) mass is 361 g/mol. The molecule has 2 aromatic rings. The first-order valence-corrected chi connectivity index (χ1v) is 9.13. The maximum absolute atomic E-state index is 13.8. The number of aromatic nitrogens is 3. The predicted octanol–water partition coefficient (Wildman–Crippen LogP) is 3.88. The van der Waals surface area contributed by atoms with Crippen LogP contribution in [-0.4, -0.2) is 34.6 Å². The molecule has 6 nitrogen and oxygen atoms in total. The third-order valence-corrected chi connectivity index (χ3v) is 4.67. The molecule has 7 heteroatoms. The van der Waals surface area contributed by atoms with Crippen molar-refractivity contribution in [3.8, 4) is 11.3 Å². The normalized spacial score (nSPS) is 15.2. The molecule has 26 heavy (non-hydrogen) atoms. The van der Waals surface area contributed by atoms with Crippen molar-refractivity contribution in [2.45, 2.75) is 45.6 Å². The number of ether oxygens (including phenoxy) is 2. The average molecular weight is 361 g/mol. The number of nitrogens with zero attached hydrogens (tertiary/aromatic N) is 2. The Hall–Kier alpha value is -2.28. The van der Waals surface area contributed by atoms with Gasteiger partial charge in [0.05, 0.1) is 13.2 Å². The van der Waals surface area contributed by atoms with Crippen molar-refractivity contribution >= 4 is 5.97 Å². The smallest absolute Gasteiger partial charge is 0.361 e. The molecule has 1 aliphatic carbocycles. The Balaban J connectivity index is 1.76. The van der Waals surface area contributed by atoms with Crippen LogP contribution in [0, 0.1) is 11.7 Å². The predicted molar refractivity (Wildman–Crippen MR) is 94.0 cm³/mol. The maximum Gasteiger partial charge on any atom is 0.361 e. The minimum atomic E-state index is -0.561. The number of carbonyl (C=O) groups is 1. The van der Waals surface area contributed by atoms with Crippen LogP contribution in [-0.2, 0) is 16.1 Å². The molecule has 0 saturated heterocycles. The van der Waals surface area contributed by atoms with E-state index in [9.17, 15) is 9.18 Å². The minimum absolute atomic E-state index is 0.0898. The van der Waals surface area contributed by atoms with Gasteiger partial charge in [-0.15, -0.1) is 5.10 Å². The van der Waals surface area contributed by atoms with E-state index in [4.69, 9.17) is 9.47 Å². The van der Waals surface area contributed by atoms with Gasteiger partial charge in [-0.25, -0.2) is 9.18 Å². The van der Waals surface area contributed by atoms with Crippen molar-refractivity contribution in [1.29, 1.82) is 0 Å². The minimum Gasteiger partial charge on any atom is -0.461 e. The summed E-state index contributed by atoms with van der Waals surface area (Å²) in [5.41, 5.74) is 1.69. The second-order valence-electron chi connectivity index (χ2n) is 6.56. The molecule has 0 atom stereocenters. The molecule has 0 spiro atoms. The lowest BCUT2D eigenvalue weighted by atomic mass is 9.90. The summed E-state index contributed by atoms with van der Waals surface area (Å²) >= 11 is 0. The van der Waals surface area contributed by atoms with E-state index in [0.717, 1.165) is 0 Å². The van der Waals surface area contributed by atoms with E-state index in [1.165, 1.54) is 44.2 Å². The van der Waals surface area contributed by atoms with Gasteiger partial charge in [-0.05, 0) is 49.4 Å². The lowest BCUT2D eigenvalue weighted by molar-refractivity contribution is 0.0520. The maximum atomic E-state index is 13.8. The van der Waals surface area contributed by atoms with Crippen molar-refractivity contribution < 1.29 is 18.7 Å². The third kappa shape index (κ3) is 4.46. The van der Waals surface area contributed by atoms with Crippen molar-refractivity contribution in [1.82, 2.24) is 15.4 Å². The first-order chi connectivity index (χ1) is 12.7. The molecule has 1 aromatic heterocycles. The van der Waals surface area contributed by atoms with E-state index in [2.05, 4.69) is 15.4 Å². The number of halogens is 1. The van der Waals surface area contributed by atoms with Gasteiger partial charge in [-0.3, -0.25) is 0 Å². The van der Waals surface area contributed by atoms with Crippen LogP contribution in [0.25, 0.3) is 11.3 Å². The number of H-pyrrole nitrogens is 1. The molecule has 0 aliphatic heterocycles. The largest absolute Gasteiger partial charge is 0.461 e. The standard InChI is InChI=1S/C19H24FN3O3/c1-2-26-19(24)18-17(21-23-22-18)16-9-8-15(20)10-14(16)12-25-11-13-6-4-3-5-7-13/h8-10,13H,2-7,11-12H2,1H3,(H,21,22,23). The molecule has 140 valence electrons. The van der Waals surface area contributed by atoms with Crippen molar-refractivity contribution in [2.24, 2.45) is 5.92 Å². The molecule has 0 bridgehead atoms. The molecule has 0 unspecified atom stereocenters. The van der Waals surface area contributed by atoms with Gasteiger partial charge >= 0.3 is 5.97 Å². The van der Waals surface area contributed by atoms with Crippen LogP contribution in [0.5, 0.6) is 0 Å². The molecule has 1 heterocycles. The summed E-state index contributed by atoms with van der Waals surface area (Å²) in [5, 5.41) is 10.4. The van der Waals surface area contributed by atoms with Crippen LogP contribution in [0.3, 0.4) is 0 Å². The SMILES string of the molecule is CCOC(=O)c1n[nH]nc1-c1ccc(F)cc1COCC1CCCCC1. The van der Waals surface area contributed by atoms with Gasteiger partial charge in [0.25, 0.3) is 0 Å². The Labute approximate surface area is 152 Å². The highest BCUT2D eigenvalue weighted by Gasteiger charge is 2.22. The summed E-state index contributed by atoms with van der Waals surface area (Å²) < 4.78 is 24.6. The second-order valence-corrected chi connectivity index (χ2v) is 6.56. The molecule has 0 amide bonds. The lowest BCUT2D eigenvalue weighted by Crippen LogP contribution is -2.13. The Morgan fingerprint density at radius 1 is 1.27 bits per heavy atom. The highest BCUT2D eigenvalue weighted by atomic mass is 19.1. The fourth-order valence-electron chi connectivity index (χ4n) is 3.36. The van der Waals surface area contributed by atoms with Crippen molar-refractivity contribution in [3.63, 3.8) is 0 Å². The molecular formula is C19H24FN3O3. The number of nitrogens with one attached hydrogen (secondary N) is 1. The van der Waals surface area contributed by atoms with E-state index in [-0.39, 0.29) is 24.7 Å². The lowest BCUT2D eigenvalue weighted by Gasteiger charge is -2.21. The molecule has 1 aliphatic rings. The highest BCUT2D eigenvalue weighted by Crippen LogP contribution is 2.28. The second kappa shape index (κ2) is 8.89. The zero-order valence-corrected chi connectivity index (χ0v) is 15.0. The van der Waals surface area contributed by atoms with Gasteiger partial charge in [-0.1, -0.05) is 19.3 Å². The van der Waals surface area contributed by atoms with Gasteiger partial charge in [0.1, 0.15) is 11.5 Å².